The summed E-state index contributed by atoms with van der Waals surface area (Å²) in [6, 6.07) is 11.0. The van der Waals surface area contributed by atoms with E-state index in [1.54, 1.807) is 12.4 Å². The van der Waals surface area contributed by atoms with Crippen molar-refractivity contribution in [2.75, 3.05) is 5.32 Å². The maximum Gasteiger partial charge on any atom is 0.260 e. The Hall–Kier alpha value is -3.02. The van der Waals surface area contributed by atoms with E-state index in [-0.39, 0.29) is 5.91 Å². The molecule has 0 aliphatic rings. The molecule has 23 heavy (non-hydrogen) atoms. The summed E-state index contributed by atoms with van der Waals surface area (Å²) in [6.45, 7) is 1.96. The van der Waals surface area contributed by atoms with E-state index in [1.165, 1.54) is 0 Å². The summed E-state index contributed by atoms with van der Waals surface area (Å²) < 4.78 is 5.35. The molecule has 0 unspecified atom stereocenters. The van der Waals surface area contributed by atoms with E-state index in [9.17, 15) is 4.79 Å². The van der Waals surface area contributed by atoms with E-state index in [1.807, 2.05) is 43.3 Å². The summed E-state index contributed by atoms with van der Waals surface area (Å²) in [5.41, 5.74) is 2.13. The number of pyridine rings is 1. The Kier molecular flexibility index (Phi) is 4.42. The zero-order chi connectivity index (χ0) is 16.1. The molecule has 1 amide bonds. The maximum absolute atomic E-state index is 11.8. The quantitative estimate of drug-likeness (QED) is 0.779. The number of rotatable bonds is 5. The van der Waals surface area contributed by atoms with Gasteiger partial charge in [0.05, 0.1) is 11.3 Å². The van der Waals surface area contributed by atoms with Gasteiger partial charge in [-0.25, -0.2) is 0 Å². The van der Waals surface area contributed by atoms with E-state index >= 15 is 0 Å². The van der Waals surface area contributed by atoms with Crippen molar-refractivity contribution in [1.29, 1.82) is 0 Å². The first kappa shape index (κ1) is 14.9. The molecule has 1 N–H and O–H groups in total. The number of carbonyl (C=O) groups is 1. The number of anilines is 1. The summed E-state index contributed by atoms with van der Waals surface area (Å²) in [5, 5.41) is 6.86. The van der Waals surface area contributed by atoms with Crippen molar-refractivity contribution in [3.63, 3.8) is 0 Å². The molecule has 0 saturated carbocycles. The number of benzene rings is 1. The van der Waals surface area contributed by atoms with Gasteiger partial charge in [0.2, 0.25) is 11.7 Å². The maximum atomic E-state index is 11.8. The number of nitrogens with one attached hydrogen (secondary N) is 1. The van der Waals surface area contributed by atoms with Gasteiger partial charge in [-0.2, -0.15) is 4.98 Å². The molecular weight excluding hydrogens is 292 g/mol. The Bertz CT molecular complexity index is 799. The molecule has 2 heterocycles. The van der Waals surface area contributed by atoms with Gasteiger partial charge < -0.3 is 9.84 Å². The van der Waals surface area contributed by atoms with Crippen LogP contribution in [0.1, 0.15) is 19.8 Å². The molecule has 3 aromatic rings. The first-order chi connectivity index (χ1) is 11.3. The van der Waals surface area contributed by atoms with Crippen LogP contribution in [0.4, 0.5) is 5.69 Å². The average molecular weight is 308 g/mol. The van der Waals surface area contributed by atoms with Crippen LogP contribution in [0.2, 0.25) is 0 Å². The van der Waals surface area contributed by atoms with Crippen molar-refractivity contribution in [2.24, 2.45) is 0 Å². The van der Waals surface area contributed by atoms with Crippen molar-refractivity contribution in [2.45, 2.75) is 19.8 Å². The van der Waals surface area contributed by atoms with Crippen molar-refractivity contribution in [3.05, 3.63) is 48.8 Å². The van der Waals surface area contributed by atoms with Gasteiger partial charge in [0.15, 0.2) is 0 Å². The number of aromatic nitrogens is 3. The van der Waals surface area contributed by atoms with Gasteiger partial charge in [0.1, 0.15) is 0 Å². The molecule has 0 atom stereocenters. The first-order valence-electron chi connectivity index (χ1n) is 7.41. The second-order valence-electron chi connectivity index (χ2n) is 5.01. The summed E-state index contributed by atoms with van der Waals surface area (Å²) in [5.74, 6) is 0.783. The average Bonchev–Trinajstić information content (AvgIpc) is 3.06. The van der Waals surface area contributed by atoms with Crippen LogP contribution in [0, 0.1) is 0 Å². The molecule has 0 aliphatic carbocycles. The highest BCUT2D eigenvalue weighted by Crippen LogP contribution is 2.28. The van der Waals surface area contributed by atoms with Crippen molar-refractivity contribution >= 4 is 11.6 Å². The van der Waals surface area contributed by atoms with Gasteiger partial charge in [0, 0.05) is 24.4 Å². The summed E-state index contributed by atoms with van der Waals surface area (Å²) in [7, 11) is 0. The van der Waals surface area contributed by atoms with Crippen molar-refractivity contribution in [1.82, 2.24) is 15.1 Å². The molecule has 0 aliphatic heterocycles. The Morgan fingerprint density at radius 2 is 2.09 bits per heavy atom. The zero-order valence-electron chi connectivity index (χ0n) is 12.7. The smallest absolute Gasteiger partial charge is 0.260 e. The standard InChI is InChI=1S/C17H16N4O2/c1-2-6-15(22)19-14-9-4-3-8-13(14)17-20-16(21-23-17)12-7-5-10-18-11-12/h3-5,7-11H,2,6H2,1H3,(H,19,22). The highest BCUT2D eigenvalue weighted by Gasteiger charge is 2.15. The lowest BCUT2D eigenvalue weighted by molar-refractivity contribution is -0.116. The number of para-hydroxylation sites is 1. The minimum atomic E-state index is -0.0352. The number of hydrogen-bond acceptors (Lipinski definition) is 5. The van der Waals surface area contributed by atoms with Crippen molar-refractivity contribution < 1.29 is 9.32 Å². The molecule has 2 aromatic heterocycles. The lowest BCUT2D eigenvalue weighted by Gasteiger charge is -2.07. The van der Waals surface area contributed by atoms with Crippen LogP contribution in [-0.4, -0.2) is 21.0 Å². The molecule has 3 rings (SSSR count). The molecular formula is C17H16N4O2. The molecule has 0 spiro atoms. The van der Waals surface area contributed by atoms with E-state index < -0.39 is 0 Å². The summed E-state index contributed by atoms with van der Waals surface area (Å²) >= 11 is 0. The Morgan fingerprint density at radius 1 is 1.22 bits per heavy atom. The van der Waals surface area contributed by atoms with Crippen LogP contribution in [0.15, 0.2) is 53.3 Å². The number of nitrogens with zero attached hydrogens (tertiary/aromatic N) is 3. The minimum Gasteiger partial charge on any atom is -0.334 e. The van der Waals surface area contributed by atoms with E-state index in [0.29, 0.717) is 29.4 Å². The molecule has 0 bridgehead atoms. The van der Waals surface area contributed by atoms with Crippen LogP contribution in [-0.2, 0) is 4.79 Å². The van der Waals surface area contributed by atoms with Crippen LogP contribution in [0.5, 0.6) is 0 Å². The third-order valence-corrected chi connectivity index (χ3v) is 3.25. The number of amides is 1. The Morgan fingerprint density at radius 3 is 2.87 bits per heavy atom. The minimum absolute atomic E-state index is 0.0352. The van der Waals surface area contributed by atoms with E-state index in [0.717, 1.165) is 12.0 Å². The topological polar surface area (TPSA) is 80.9 Å². The molecule has 6 nitrogen and oxygen atoms in total. The van der Waals surface area contributed by atoms with Gasteiger partial charge in [0.25, 0.3) is 5.89 Å². The fourth-order valence-corrected chi connectivity index (χ4v) is 2.16. The largest absolute Gasteiger partial charge is 0.334 e. The first-order valence-corrected chi connectivity index (χ1v) is 7.41. The van der Waals surface area contributed by atoms with Gasteiger partial charge >= 0.3 is 0 Å². The number of carbonyl (C=O) groups excluding carboxylic acids is 1. The van der Waals surface area contributed by atoms with Crippen LogP contribution < -0.4 is 5.32 Å². The van der Waals surface area contributed by atoms with E-state index in [4.69, 9.17) is 4.52 Å². The number of hydrogen-bond donors (Lipinski definition) is 1. The summed E-state index contributed by atoms with van der Waals surface area (Å²) in [4.78, 5) is 20.3. The molecule has 1 aromatic carbocycles. The molecule has 116 valence electrons. The third-order valence-electron chi connectivity index (χ3n) is 3.25. The van der Waals surface area contributed by atoms with Gasteiger partial charge in [-0.3, -0.25) is 9.78 Å². The Labute approximate surface area is 133 Å². The second kappa shape index (κ2) is 6.83. The normalized spacial score (nSPS) is 10.5. The zero-order valence-corrected chi connectivity index (χ0v) is 12.7. The fourth-order valence-electron chi connectivity index (χ4n) is 2.16. The second-order valence-corrected chi connectivity index (χ2v) is 5.01. The van der Waals surface area contributed by atoms with Gasteiger partial charge in [-0.1, -0.05) is 24.2 Å². The van der Waals surface area contributed by atoms with Crippen molar-refractivity contribution in [3.8, 4) is 22.8 Å². The van der Waals surface area contributed by atoms with Gasteiger partial charge in [-0.05, 0) is 30.7 Å². The predicted octanol–water partition coefficient (Wildman–Crippen LogP) is 3.54. The highest BCUT2D eigenvalue weighted by atomic mass is 16.5. The van der Waals surface area contributed by atoms with Crippen LogP contribution in [0.3, 0.4) is 0 Å². The van der Waals surface area contributed by atoms with Crippen LogP contribution >= 0.6 is 0 Å². The molecule has 6 heteroatoms. The van der Waals surface area contributed by atoms with Crippen LogP contribution in [0.25, 0.3) is 22.8 Å². The lowest BCUT2D eigenvalue weighted by atomic mass is 10.1. The monoisotopic (exact) mass is 308 g/mol. The third kappa shape index (κ3) is 3.42. The fraction of sp³-hybridized carbons (Fsp3) is 0.176. The lowest BCUT2D eigenvalue weighted by Crippen LogP contribution is -2.11. The molecule has 0 saturated heterocycles. The Balaban J connectivity index is 1.91. The predicted molar refractivity (Wildman–Crippen MR) is 86.5 cm³/mol. The molecule has 0 radical (unpaired) electrons. The van der Waals surface area contributed by atoms with Gasteiger partial charge in [-0.15, -0.1) is 0 Å². The summed E-state index contributed by atoms with van der Waals surface area (Å²) in [6.07, 6.45) is 4.62. The highest BCUT2D eigenvalue weighted by molar-refractivity contribution is 5.94. The van der Waals surface area contributed by atoms with E-state index in [2.05, 4.69) is 20.4 Å². The molecule has 0 fully saturated rings. The SMILES string of the molecule is CCCC(=O)Nc1ccccc1-c1nc(-c2cccnc2)no1.